The molecule has 1 aliphatic carbocycles. The van der Waals surface area contributed by atoms with Crippen LogP contribution in [0.2, 0.25) is 0 Å². The van der Waals surface area contributed by atoms with E-state index >= 15 is 0 Å². The summed E-state index contributed by atoms with van der Waals surface area (Å²) in [4.78, 5) is 0. The van der Waals surface area contributed by atoms with Crippen molar-refractivity contribution in [2.24, 2.45) is 5.92 Å². The van der Waals surface area contributed by atoms with Gasteiger partial charge in [0.1, 0.15) is 5.82 Å². The summed E-state index contributed by atoms with van der Waals surface area (Å²) >= 11 is 3.32. The zero-order valence-electron chi connectivity index (χ0n) is 15.1. The van der Waals surface area contributed by atoms with Crippen molar-refractivity contribution in [1.82, 2.24) is 0 Å². The summed E-state index contributed by atoms with van der Waals surface area (Å²) < 4.78 is 14.9. The molecular weight excluding hydrogens is 375 g/mol. The Labute approximate surface area is 160 Å². The van der Waals surface area contributed by atoms with Crippen molar-refractivity contribution in [3.8, 4) is 11.1 Å². The molecule has 0 saturated heterocycles. The number of benzene rings is 2. The van der Waals surface area contributed by atoms with Crippen LogP contribution in [-0.4, -0.2) is 0 Å². The molecule has 1 saturated carbocycles. The molecule has 1 aliphatic rings. The van der Waals surface area contributed by atoms with Gasteiger partial charge in [0.25, 0.3) is 0 Å². The summed E-state index contributed by atoms with van der Waals surface area (Å²) in [6.07, 6.45) is 10.9. The fraction of sp³-hybridized carbons (Fsp3) is 0.478. The van der Waals surface area contributed by atoms with E-state index in [1.165, 1.54) is 63.0 Å². The highest BCUT2D eigenvalue weighted by Gasteiger charge is 2.22. The van der Waals surface area contributed by atoms with E-state index < -0.39 is 0 Å². The van der Waals surface area contributed by atoms with E-state index in [4.69, 9.17) is 0 Å². The maximum atomic E-state index is 14.1. The molecule has 0 unspecified atom stereocenters. The Balaban J connectivity index is 1.60. The molecule has 0 N–H and O–H groups in total. The predicted molar refractivity (Wildman–Crippen MR) is 108 cm³/mol. The predicted octanol–water partition coefficient (Wildman–Crippen LogP) is 8.11. The lowest BCUT2D eigenvalue weighted by Gasteiger charge is -2.29. The van der Waals surface area contributed by atoms with Gasteiger partial charge in [0, 0.05) is 10.0 Å². The van der Waals surface area contributed by atoms with Gasteiger partial charge in [-0.2, -0.15) is 0 Å². The molecule has 0 spiro atoms. The van der Waals surface area contributed by atoms with Gasteiger partial charge in [-0.15, -0.1) is 0 Å². The number of unbranched alkanes of at least 4 members (excludes halogenated alkanes) is 2. The third-order valence-electron chi connectivity index (χ3n) is 5.69. The van der Waals surface area contributed by atoms with Crippen LogP contribution in [0.3, 0.4) is 0 Å². The van der Waals surface area contributed by atoms with Crippen LogP contribution in [0.5, 0.6) is 0 Å². The molecule has 0 amide bonds. The Hall–Kier alpha value is -1.15. The summed E-state index contributed by atoms with van der Waals surface area (Å²) in [6.45, 7) is 2.28. The molecule has 0 radical (unpaired) electrons. The first-order valence-electron chi connectivity index (χ1n) is 9.72. The van der Waals surface area contributed by atoms with Gasteiger partial charge in [-0.05, 0) is 60.8 Å². The SMILES string of the molecule is CCCCC[C@H]1CC[C@H](c2ccc(-c3ccc(Br)cc3F)cc2)CC1. The molecule has 2 heteroatoms. The minimum atomic E-state index is -0.172. The van der Waals surface area contributed by atoms with Crippen LogP contribution in [-0.2, 0) is 0 Å². The monoisotopic (exact) mass is 402 g/mol. The molecule has 0 nitrogen and oxygen atoms in total. The average molecular weight is 403 g/mol. The number of rotatable bonds is 6. The maximum Gasteiger partial charge on any atom is 0.132 e. The highest BCUT2D eigenvalue weighted by Crippen LogP contribution is 2.38. The van der Waals surface area contributed by atoms with Crippen molar-refractivity contribution < 1.29 is 4.39 Å². The van der Waals surface area contributed by atoms with Crippen LogP contribution < -0.4 is 0 Å². The van der Waals surface area contributed by atoms with Crippen molar-refractivity contribution in [2.75, 3.05) is 0 Å². The molecule has 0 atom stereocenters. The lowest BCUT2D eigenvalue weighted by molar-refractivity contribution is 0.303. The summed E-state index contributed by atoms with van der Waals surface area (Å²) in [7, 11) is 0. The van der Waals surface area contributed by atoms with Gasteiger partial charge in [0.05, 0.1) is 0 Å². The van der Waals surface area contributed by atoms with Crippen LogP contribution >= 0.6 is 15.9 Å². The standard InChI is InChI=1S/C23H28BrF/c1-2-3-4-5-17-6-8-18(9-7-17)19-10-12-20(13-11-19)22-15-14-21(24)16-23(22)25/h10-18H,2-9H2,1H3/t17-,18-. The van der Waals surface area contributed by atoms with E-state index in [0.717, 1.165) is 16.0 Å². The van der Waals surface area contributed by atoms with Crippen LogP contribution in [0.25, 0.3) is 11.1 Å². The van der Waals surface area contributed by atoms with Crippen molar-refractivity contribution in [2.45, 2.75) is 64.2 Å². The minimum absolute atomic E-state index is 0.172. The smallest absolute Gasteiger partial charge is 0.132 e. The van der Waals surface area contributed by atoms with Crippen LogP contribution in [0.15, 0.2) is 46.9 Å². The van der Waals surface area contributed by atoms with Gasteiger partial charge in [-0.25, -0.2) is 4.39 Å². The molecule has 2 aromatic rings. The second kappa shape index (κ2) is 8.98. The van der Waals surface area contributed by atoms with Crippen LogP contribution in [0, 0.1) is 11.7 Å². The van der Waals surface area contributed by atoms with Crippen molar-refractivity contribution in [1.29, 1.82) is 0 Å². The van der Waals surface area contributed by atoms with E-state index in [1.807, 2.05) is 12.1 Å². The first-order valence-corrected chi connectivity index (χ1v) is 10.5. The van der Waals surface area contributed by atoms with Crippen LogP contribution in [0.4, 0.5) is 4.39 Å². The van der Waals surface area contributed by atoms with Gasteiger partial charge in [-0.3, -0.25) is 0 Å². The molecule has 0 bridgehead atoms. The zero-order valence-corrected chi connectivity index (χ0v) is 16.7. The third-order valence-corrected chi connectivity index (χ3v) is 6.18. The van der Waals surface area contributed by atoms with E-state index in [-0.39, 0.29) is 5.82 Å². The van der Waals surface area contributed by atoms with Gasteiger partial charge in [-0.1, -0.05) is 78.9 Å². The second-order valence-corrected chi connectivity index (χ2v) is 8.38. The molecule has 0 aliphatic heterocycles. The molecule has 2 aromatic carbocycles. The molecule has 134 valence electrons. The fourth-order valence-corrected chi connectivity index (χ4v) is 4.46. The first-order chi connectivity index (χ1) is 12.2. The largest absolute Gasteiger partial charge is 0.206 e. The average Bonchev–Trinajstić information content (AvgIpc) is 2.63. The fourth-order valence-electron chi connectivity index (χ4n) is 4.13. The summed E-state index contributed by atoms with van der Waals surface area (Å²) in [5.41, 5.74) is 3.06. The number of hydrogen-bond acceptors (Lipinski definition) is 0. The maximum absolute atomic E-state index is 14.1. The zero-order chi connectivity index (χ0) is 17.6. The Bertz CT molecular complexity index is 669. The minimum Gasteiger partial charge on any atom is -0.206 e. The van der Waals surface area contributed by atoms with Gasteiger partial charge in [0.15, 0.2) is 0 Å². The van der Waals surface area contributed by atoms with E-state index in [1.54, 1.807) is 0 Å². The van der Waals surface area contributed by atoms with Crippen molar-refractivity contribution >= 4 is 15.9 Å². The number of halogens is 2. The summed E-state index contributed by atoms with van der Waals surface area (Å²) in [6, 6.07) is 13.8. The van der Waals surface area contributed by atoms with E-state index in [2.05, 4.69) is 47.1 Å². The lowest BCUT2D eigenvalue weighted by atomic mass is 9.77. The Morgan fingerprint density at radius 3 is 2.32 bits per heavy atom. The first kappa shape index (κ1) is 18.6. The highest BCUT2D eigenvalue weighted by atomic mass is 79.9. The number of hydrogen-bond donors (Lipinski definition) is 0. The highest BCUT2D eigenvalue weighted by molar-refractivity contribution is 9.10. The molecule has 25 heavy (non-hydrogen) atoms. The van der Waals surface area contributed by atoms with E-state index in [0.29, 0.717) is 11.5 Å². The molecule has 0 heterocycles. The molecular formula is C23H28BrF. The molecule has 3 rings (SSSR count). The molecule has 0 aromatic heterocycles. The topological polar surface area (TPSA) is 0 Å². The van der Waals surface area contributed by atoms with Crippen molar-refractivity contribution in [3.05, 3.63) is 58.3 Å². The van der Waals surface area contributed by atoms with Gasteiger partial charge in [0.2, 0.25) is 0 Å². The molecule has 1 fully saturated rings. The lowest BCUT2D eigenvalue weighted by Crippen LogP contribution is -2.13. The Morgan fingerprint density at radius 1 is 0.960 bits per heavy atom. The summed E-state index contributed by atoms with van der Waals surface area (Å²) in [5, 5.41) is 0. The third kappa shape index (κ3) is 4.94. The Morgan fingerprint density at radius 2 is 1.68 bits per heavy atom. The summed E-state index contributed by atoms with van der Waals surface area (Å²) in [5.74, 6) is 1.46. The van der Waals surface area contributed by atoms with Gasteiger partial charge < -0.3 is 0 Å². The quantitative estimate of drug-likeness (QED) is 0.427. The van der Waals surface area contributed by atoms with Crippen molar-refractivity contribution in [3.63, 3.8) is 0 Å². The normalized spacial score (nSPS) is 20.6. The van der Waals surface area contributed by atoms with Gasteiger partial charge >= 0.3 is 0 Å². The second-order valence-electron chi connectivity index (χ2n) is 7.46. The van der Waals surface area contributed by atoms with Crippen LogP contribution in [0.1, 0.15) is 69.8 Å². The Kier molecular flexibility index (Phi) is 6.70. The van der Waals surface area contributed by atoms with E-state index in [9.17, 15) is 4.39 Å².